The van der Waals surface area contributed by atoms with Gasteiger partial charge in [0.25, 0.3) is 0 Å². The molecule has 0 amide bonds. The maximum absolute atomic E-state index is 11.1. The molecule has 0 saturated carbocycles. The summed E-state index contributed by atoms with van der Waals surface area (Å²) in [6.07, 6.45) is 0.441. The Morgan fingerprint density at radius 2 is 2.14 bits per heavy atom. The summed E-state index contributed by atoms with van der Waals surface area (Å²) in [7, 11) is 3.10. The van der Waals surface area contributed by atoms with Gasteiger partial charge in [-0.3, -0.25) is 4.79 Å². The Kier molecular flexibility index (Phi) is 8.23. The van der Waals surface area contributed by atoms with E-state index in [2.05, 4.69) is 36.0 Å². The van der Waals surface area contributed by atoms with Gasteiger partial charge in [0.05, 0.1) is 20.6 Å². The Balaban J connectivity index is 2.65. The molecule has 0 aliphatic rings. The first-order valence-corrected chi connectivity index (χ1v) is 8.32. The summed E-state index contributed by atoms with van der Waals surface area (Å²) < 4.78 is 10.1. The minimum atomic E-state index is -0.163. The van der Waals surface area contributed by atoms with Crippen molar-refractivity contribution in [2.75, 3.05) is 26.5 Å². The van der Waals surface area contributed by atoms with Crippen LogP contribution in [-0.4, -0.2) is 32.5 Å². The van der Waals surface area contributed by atoms with Crippen LogP contribution in [0, 0.1) is 0 Å². The molecule has 0 bridgehead atoms. The molecule has 0 saturated heterocycles. The Morgan fingerprint density at radius 3 is 2.76 bits per heavy atom. The van der Waals surface area contributed by atoms with Gasteiger partial charge in [0, 0.05) is 23.1 Å². The molecule has 1 N–H and O–H groups in total. The lowest BCUT2D eigenvalue weighted by Gasteiger charge is -2.16. The zero-order valence-electron chi connectivity index (χ0n) is 13.3. The Bertz CT molecular complexity index is 451. The SMILES string of the molecule is CCNC(C)c1ccc(OC)c(CSCCC(=O)OC)c1. The fraction of sp³-hybridized carbons (Fsp3) is 0.562. The van der Waals surface area contributed by atoms with Crippen LogP contribution in [0.3, 0.4) is 0 Å². The molecule has 1 unspecified atom stereocenters. The fourth-order valence-corrected chi connectivity index (χ4v) is 2.95. The molecule has 5 heteroatoms. The molecule has 1 aromatic carbocycles. The number of carbonyl (C=O) groups excluding carboxylic acids is 1. The second kappa shape index (κ2) is 9.68. The molecule has 4 nitrogen and oxygen atoms in total. The highest BCUT2D eigenvalue weighted by molar-refractivity contribution is 7.98. The molecule has 0 radical (unpaired) electrons. The Hall–Kier alpha value is -1.20. The van der Waals surface area contributed by atoms with Crippen molar-refractivity contribution in [3.8, 4) is 5.75 Å². The zero-order chi connectivity index (χ0) is 15.7. The lowest BCUT2D eigenvalue weighted by atomic mass is 10.0. The van der Waals surface area contributed by atoms with Gasteiger partial charge in [-0.15, -0.1) is 0 Å². The number of rotatable bonds is 9. The Labute approximate surface area is 131 Å². The molecule has 0 spiro atoms. The van der Waals surface area contributed by atoms with E-state index in [0.29, 0.717) is 12.5 Å². The highest BCUT2D eigenvalue weighted by Crippen LogP contribution is 2.27. The van der Waals surface area contributed by atoms with Crippen LogP contribution < -0.4 is 10.1 Å². The molecule has 21 heavy (non-hydrogen) atoms. The first-order valence-electron chi connectivity index (χ1n) is 7.17. The molecular formula is C16H25NO3S. The molecule has 1 rings (SSSR count). The molecule has 0 heterocycles. The first kappa shape index (κ1) is 17.9. The summed E-state index contributed by atoms with van der Waals surface area (Å²) >= 11 is 1.71. The second-order valence-corrected chi connectivity index (χ2v) is 5.83. The summed E-state index contributed by atoms with van der Waals surface area (Å²) in [4.78, 5) is 11.1. The lowest BCUT2D eigenvalue weighted by Crippen LogP contribution is -2.17. The molecule has 0 aromatic heterocycles. The largest absolute Gasteiger partial charge is 0.496 e. The van der Waals surface area contributed by atoms with E-state index in [1.807, 2.05) is 6.07 Å². The smallest absolute Gasteiger partial charge is 0.306 e. The number of benzene rings is 1. The van der Waals surface area contributed by atoms with Gasteiger partial charge in [-0.25, -0.2) is 0 Å². The van der Waals surface area contributed by atoms with Crippen molar-refractivity contribution in [1.82, 2.24) is 5.32 Å². The maximum Gasteiger partial charge on any atom is 0.306 e. The van der Waals surface area contributed by atoms with Crippen LogP contribution in [0.15, 0.2) is 18.2 Å². The van der Waals surface area contributed by atoms with Gasteiger partial charge in [-0.05, 0) is 31.2 Å². The van der Waals surface area contributed by atoms with Crippen molar-refractivity contribution in [2.24, 2.45) is 0 Å². The average Bonchev–Trinajstić information content (AvgIpc) is 2.51. The fourth-order valence-electron chi connectivity index (χ4n) is 2.04. The van der Waals surface area contributed by atoms with E-state index < -0.39 is 0 Å². The summed E-state index contributed by atoms with van der Waals surface area (Å²) in [5.74, 6) is 2.31. The number of methoxy groups -OCH3 is 2. The summed E-state index contributed by atoms with van der Waals surface area (Å²) in [6.45, 7) is 5.19. The quantitative estimate of drug-likeness (QED) is 0.561. The van der Waals surface area contributed by atoms with Crippen molar-refractivity contribution in [3.05, 3.63) is 29.3 Å². The molecule has 1 atom stereocenters. The van der Waals surface area contributed by atoms with Gasteiger partial charge in [0.1, 0.15) is 5.75 Å². The number of nitrogens with one attached hydrogen (secondary N) is 1. The van der Waals surface area contributed by atoms with Crippen LogP contribution in [0.1, 0.15) is 37.4 Å². The normalized spacial score (nSPS) is 12.0. The van der Waals surface area contributed by atoms with E-state index >= 15 is 0 Å². The molecule has 0 fully saturated rings. The molecular weight excluding hydrogens is 286 g/mol. The van der Waals surface area contributed by atoms with E-state index in [4.69, 9.17) is 4.74 Å². The third kappa shape index (κ3) is 5.98. The van der Waals surface area contributed by atoms with Crippen LogP contribution in [0.5, 0.6) is 5.75 Å². The summed E-state index contributed by atoms with van der Waals surface area (Å²) in [6, 6.07) is 6.60. The van der Waals surface area contributed by atoms with Gasteiger partial charge in [0.15, 0.2) is 0 Å². The van der Waals surface area contributed by atoms with Crippen molar-refractivity contribution in [3.63, 3.8) is 0 Å². The highest BCUT2D eigenvalue weighted by atomic mass is 32.2. The molecule has 1 aromatic rings. The van der Waals surface area contributed by atoms with Crippen LogP contribution in [0.25, 0.3) is 0 Å². The number of hydrogen-bond donors (Lipinski definition) is 1. The van der Waals surface area contributed by atoms with Gasteiger partial charge >= 0.3 is 5.97 Å². The summed E-state index contributed by atoms with van der Waals surface area (Å²) in [5, 5.41) is 3.41. The standard InChI is InChI=1S/C16H25NO3S/c1-5-17-12(2)13-6-7-15(19-3)14(10-13)11-21-9-8-16(18)20-4/h6-7,10,12,17H,5,8-9,11H2,1-4H3. The van der Waals surface area contributed by atoms with Gasteiger partial charge < -0.3 is 14.8 Å². The Morgan fingerprint density at radius 1 is 1.38 bits per heavy atom. The third-order valence-electron chi connectivity index (χ3n) is 3.25. The van der Waals surface area contributed by atoms with E-state index in [1.165, 1.54) is 12.7 Å². The number of thioether (sulfide) groups is 1. The minimum absolute atomic E-state index is 0.163. The predicted molar refractivity (Wildman–Crippen MR) is 87.9 cm³/mol. The molecule has 118 valence electrons. The minimum Gasteiger partial charge on any atom is -0.496 e. The second-order valence-electron chi connectivity index (χ2n) is 4.73. The first-order chi connectivity index (χ1) is 10.1. The lowest BCUT2D eigenvalue weighted by molar-refractivity contribution is -0.140. The monoisotopic (exact) mass is 311 g/mol. The van der Waals surface area contributed by atoms with Gasteiger partial charge in [-0.2, -0.15) is 11.8 Å². The maximum atomic E-state index is 11.1. The number of esters is 1. The van der Waals surface area contributed by atoms with Crippen molar-refractivity contribution < 1.29 is 14.3 Å². The van der Waals surface area contributed by atoms with E-state index in [9.17, 15) is 4.79 Å². The number of ether oxygens (including phenoxy) is 2. The summed E-state index contributed by atoms with van der Waals surface area (Å²) in [5.41, 5.74) is 2.41. The third-order valence-corrected chi connectivity index (χ3v) is 4.26. The molecule has 0 aliphatic carbocycles. The predicted octanol–water partition coefficient (Wildman–Crippen LogP) is 3.16. The van der Waals surface area contributed by atoms with Crippen LogP contribution in [0.2, 0.25) is 0 Å². The van der Waals surface area contributed by atoms with Crippen LogP contribution in [-0.2, 0) is 15.3 Å². The highest BCUT2D eigenvalue weighted by Gasteiger charge is 2.09. The molecule has 0 aliphatic heterocycles. The average molecular weight is 311 g/mol. The van der Waals surface area contributed by atoms with Gasteiger partial charge in [0.2, 0.25) is 0 Å². The van der Waals surface area contributed by atoms with Crippen molar-refractivity contribution in [1.29, 1.82) is 0 Å². The van der Waals surface area contributed by atoms with Crippen molar-refractivity contribution in [2.45, 2.75) is 32.1 Å². The number of carbonyl (C=O) groups is 1. The topological polar surface area (TPSA) is 47.6 Å². The van der Waals surface area contributed by atoms with E-state index in [1.54, 1.807) is 18.9 Å². The van der Waals surface area contributed by atoms with Crippen molar-refractivity contribution >= 4 is 17.7 Å². The van der Waals surface area contributed by atoms with E-state index in [0.717, 1.165) is 29.4 Å². The van der Waals surface area contributed by atoms with E-state index in [-0.39, 0.29) is 5.97 Å². The zero-order valence-corrected chi connectivity index (χ0v) is 14.1. The van der Waals surface area contributed by atoms with Crippen LogP contribution >= 0.6 is 11.8 Å². The van der Waals surface area contributed by atoms with Gasteiger partial charge in [-0.1, -0.05) is 13.0 Å². The van der Waals surface area contributed by atoms with Crippen LogP contribution in [0.4, 0.5) is 0 Å². The number of hydrogen-bond acceptors (Lipinski definition) is 5.